The van der Waals surface area contributed by atoms with Gasteiger partial charge in [0.2, 0.25) is 0 Å². The van der Waals surface area contributed by atoms with Gasteiger partial charge in [-0.25, -0.2) is 8.42 Å². The molecule has 3 nitrogen and oxygen atoms in total. The lowest BCUT2D eigenvalue weighted by atomic mass is 10.0. The van der Waals surface area contributed by atoms with Crippen LogP contribution in [-0.2, 0) is 9.84 Å². The van der Waals surface area contributed by atoms with Gasteiger partial charge >= 0.3 is 0 Å². The molecule has 0 saturated heterocycles. The Morgan fingerprint density at radius 2 is 1.81 bits per heavy atom. The molecule has 0 heterocycles. The average Bonchev–Trinajstić information content (AvgIpc) is 2.28. The summed E-state index contributed by atoms with van der Waals surface area (Å²) in [6.45, 7) is 3.50. The first-order valence-electron chi connectivity index (χ1n) is 5.37. The lowest BCUT2D eigenvalue weighted by Gasteiger charge is -2.20. The summed E-state index contributed by atoms with van der Waals surface area (Å²) < 4.78 is 23.8. The van der Waals surface area contributed by atoms with Gasteiger partial charge in [0.05, 0.1) is 16.2 Å². The van der Waals surface area contributed by atoms with Crippen molar-refractivity contribution in [3.05, 3.63) is 30.3 Å². The Morgan fingerprint density at radius 3 is 2.31 bits per heavy atom. The highest BCUT2D eigenvalue weighted by Crippen LogP contribution is 2.18. The summed E-state index contributed by atoms with van der Waals surface area (Å²) in [4.78, 5) is 0.321. The third-order valence-corrected chi connectivity index (χ3v) is 4.51. The Kier molecular flexibility index (Phi) is 4.10. The van der Waals surface area contributed by atoms with Crippen molar-refractivity contribution >= 4 is 9.84 Å². The molecule has 0 spiro atoms. The molecule has 1 aromatic rings. The Balaban J connectivity index is 2.75. The van der Waals surface area contributed by atoms with Crippen LogP contribution >= 0.6 is 0 Å². The topological polar surface area (TPSA) is 54.4 Å². The molecular weight excluding hydrogens is 224 g/mol. The Bertz CT molecular complexity index is 421. The van der Waals surface area contributed by atoms with Crippen molar-refractivity contribution in [2.24, 2.45) is 0 Å². The third-order valence-electron chi connectivity index (χ3n) is 2.77. The fraction of sp³-hybridized carbons (Fsp3) is 0.500. The van der Waals surface area contributed by atoms with Crippen LogP contribution in [-0.4, -0.2) is 24.9 Å². The maximum absolute atomic E-state index is 11.9. The van der Waals surface area contributed by atoms with E-state index in [-0.39, 0.29) is 12.2 Å². The van der Waals surface area contributed by atoms with Gasteiger partial charge in [-0.2, -0.15) is 0 Å². The minimum Gasteiger partial charge on any atom is -0.390 e. The van der Waals surface area contributed by atoms with Crippen LogP contribution in [0.2, 0.25) is 0 Å². The van der Waals surface area contributed by atoms with E-state index in [0.717, 1.165) is 0 Å². The zero-order valence-electron chi connectivity index (χ0n) is 9.68. The van der Waals surface area contributed by atoms with Crippen molar-refractivity contribution in [2.75, 3.05) is 5.75 Å². The minimum absolute atomic E-state index is 0.0160. The second kappa shape index (κ2) is 4.97. The van der Waals surface area contributed by atoms with Crippen molar-refractivity contribution in [3.63, 3.8) is 0 Å². The molecule has 1 rings (SSSR count). The standard InChI is InChI=1S/C12H18O3S/c1-3-12(2,13)9-10-16(14,15)11-7-5-4-6-8-11/h4-8,13H,3,9-10H2,1-2H3. The molecule has 0 bridgehead atoms. The van der Waals surface area contributed by atoms with Crippen LogP contribution < -0.4 is 0 Å². The Morgan fingerprint density at radius 1 is 1.25 bits per heavy atom. The van der Waals surface area contributed by atoms with E-state index in [0.29, 0.717) is 11.3 Å². The summed E-state index contributed by atoms with van der Waals surface area (Å²) in [5.74, 6) is -0.0160. The molecule has 0 aliphatic rings. The predicted octanol–water partition coefficient (Wildman–Crippen LogP) is 2.01. The lowest BCUT2D eigenvalue weighted by molar-refractivity contribution is 0.0528. The molecule has 0 aliphatic carbocycles. The highest BCUT2D eigenvalue weighted by atomic mass is 32.2. The first-order chi connectivity index (χ1) is 7.37. The summed E-state index contributed by atoms with van der Waals surface area (Å²) >= 11 is 0. The number of rotatable bonds is 5. The first kappa shape index (κ1) is 13.2. The molecular formula is C12H18O3S. The fourth-order valence-corrected chi connectivity index (χ4v) is 2.79. The molecule has 1 unspecified atom stereocenters. The molecule has 0 saturated carbocycles. The molecule has 0 radical (unpaired) electrons. The summed E-state index contributed by atoms with van der Waals surface area (Å²) in [5.41, 5.74) is -0.901. The highest BCUT2D eigenvalue weighted by Gasteiger charge is 2.22. The average molecular weight is 242 g/mol. The van der Waals surface area contributed by atoms with E-state index in [2.05, 4.69) is 0 Å². The van der Waals surface area contributed by atoms with E-state index in [1.807, 2.05) is 6.92 Å². The van der Waals surface area contributed by atoms with Crippen molar-refractivity contribution in [3.8, 4) is 0 Å². The SMILES string of the molecule is CCC(C)(O)CCS(=O)(=O)c1ccccc1. The van der Waals surface area contributed by atoms with Gasteiger partial charge in [-0.1, -0.05) is 25.1 Å². The van der Waals surface area contributed by atoms with E-state index in [1.54, 1.807) is 37.3 Å². The molecule has 90 valence electrons. The van der Waals surface area contributed by atoms with Gasteiger partial charge in [0.1, 0.15) is 0 Å². The van der Waals surface area contributed by atoms with Gasteiger partial charge in [0.15, 0.2) is 9.84 Å². The summed E-state index contributed by atoms with van der Waals surface area (Å²) in [6, 6.07) is 8.34. The normalized spacial score (nSPS) is 15.7. The van der Waals surface area contributed by atoms with Gasteiger partial charge in [-0.05, 0) is 31.9 Å². The van der Waals surface area contributed by atoms with Crippen LogP contribution in [0.15, 0.2) is 35.2 Å². The van der Waals surface area contributed by atoms with Gasteiger partial charge in [-0.15, -0.1) is 0 Å². The molecule has 1 N–H and O–H groups in total. The summed E-state index contributed by atoms with van der Waals surface area (Å²) in [6.07, 6.45) is 0.817. The van der Waals surface area contributed by atoms with Crippen molar-refractivity contribution in [1.29, 1.82) is 0 Å². The van der Waals surface area contributed by atoms with Crippen molar-refractivity contribution in [1.82, 2.24) is 0 Å². The van der Waals surface area contributed by atoms with Crippen LogP contribution in [0.25, 0.3) is 0 Å². The molecule has 0 aromatic heterocycles. The van der Waals surface area contributed by atoms with E-state index < -0.39 is 15.4 Å². The number of sulfone groups is 1. The van der Waals surface area contributed by atoms with E-state index >= 15 is 0 Å². The minimum atomic E-state index is -3.26. The van der Waals surface area contributed by atoms with Crippen molar-refractivity contribution < 1.29 is 13.5 Å². The van der Waals surface area contributed by atoms with Crippen molar-refractivity contribution in [2.45, 2.75) is 37.2 Å². The third kappa shape index (κ3) is 3.61. The number of hydrogen-bond donors (Lipinski definition) is 1. The molecule has 0 amide bonds. The Labute approximate surface area is 97.0 Å². The van der Waals surface area contributed by atoms with Gasteiger partial charge in [-0.3, -0.25) is 0 Å². The van der Waals surface area contributed by atoms with E-state index in [9.17, 15) is 13.5 Å². The number of aliphatic hydroxyl groups is 1. The maximum atomic E-state index is 11.9. The predicted molar refractivity (Wildman–Crippen MR) is 64.0 cm³/mol. The van der Waals surface area contributed by atoms with Crippen LogP contribution in [0.3, 0.4) is 0 Å². The zero-order valence-corrected chi connectivity index (χ0v) is 10.5. The molecule has 1 atom stereocenters. The summed E-state index contributed by atoms with van der Waals surface area (Å²) in [5, 5.41) is 9.77. The largest absolute Gasteiger partial charge is 0.390 e. The smallest absolute Gasteiger partial charge is 0.178 e. The van der Waals surface area contributed by atoms with Crippen LogP contribution in [0.5, 0.6) is 0 Å². The molecule has 0 aliphatic heterocycles. The van der Waals surface area contributed by atoms with Gasteiger partial charge in [0, 0.05) is 0 Å². The maximum Gasteiger partial charge on any atom is 0.178 e. The molecule has 0 fully saturated rings. The zero-order chi connectivity index (χ0) is 12.2. The quantitative estimate of drug-likeness (QED) is 0.859. The number of hydrogen-bond acceptors (Lipinski definition) is 3. The second-order valence-electron chi connectivity index (χ2n) is 4.23. The molecule has 4 heteroatoms. The van der Waals surface area contributed by atoms with Crippen LogP contribution in [0.1, 0.15) is 26.7 Å². The van der Waals surface area contributed by atoms with E-state index in [1.165, 1.54) is 0 Å². The molecule has 1 aromatic carbocycles. The highest BCUT2D eigenvalue weighted by molar-refractivity contribution is 7.91. The molecule has 16 heavy (non-hydrogen) atoms. The van der Waals surface area contributed by atoms with Crippen LogP contribution in [0, 0.1) is 0 Å². The van der Waals surface area contributed by atoms with E-state index in [4.69, 9.17) is 0 Å². The summed E-state index contributed by atoms with van der Waals surface area (Å²) in [7, 11) is -3.26. The fourth-order valence-electron chi connectivity index (χ4n) is 1.28. The lowest BCUT2D eigenvalue weighted by Crippen LogP contribution is -2.26. The van der Waals surface area contributed by atoms with Gasteiger partial charge in [0.25, 0.3) is 0 Å². The second-order valence-corrected chi connectivity index (χ2v) is 6.34. The monoisotopic (exact) mass is 242 g/mol. The Hall–Kier alpha value is -0.870. The number of benzene rings is 1. The van der Waals surface area contributed by atoms with Crippen LogP contribution in [0.4, 0.5) is 0 Å². The van der Waals surface area contributed by atoms with Gasteiger partial charge < -0.3 is 5.11 Å². The first-order valence-corrected chi connectivity index (χ1v) is 7.03.